The molecule has 0 aliphatic heterocycles. The first-order valence-electron chi connectivity index (χ1n) is 5.58. The second-order valence-electron chi connectivity index (χ2n) is 4.31. The zero-order chi connectivity index (χ0) is 14.2. The Morgan fingerprint density at radius 2 is 2.00 bits per heavy atom. The van der Waals surface area contributed by atoms with Crippen molar-refractivity contribution in [3.05, 3.63) is 41.6 Å². The Hall–Kier alpha value is -1.89. The van der Waals surface area contributed by atoms with E-state index in [4.69, 9.17) is 0 Å². The molecule has 0 atom stereocenters. The van der Waals surface area contributed by atoms with Crippen LogP contribution in [0.15, 0.2) is 29.4 Å². The molecule has 0 unspecified atom stereocenters. The monoisotopic (exact) mass is 283 g/mol. The number of sulfonamides is 1. The zero-order valence-electron chi connectivity index (χ0n) is 10.8. The van der Waals surface area contributed by atoms with Gasteiger partial charge in [0.25, 0.3) is 10.0 Å². The molecule has 19 heavy (non-hydrogen) atoms. The lowest BCUT2D eigenvalue weighted by Gasteiger charge is -2.06. The van der Waals surface area contributed by atoms with Crippen molar-refractivity contribution in [3.63, 3.8) is 0 Å². The molecule has 0 aliphatic rings. The van der Waals surface area contributed by atoms with Crippen LogP contribution in [-0.2, 0) is 17.1 Å². The average molecular weight is 283 g/mol. The SMILES string of the molecule is Cc1ccc(NS(=O)(=O)c2cn(C)c(C)n2)cc1F. The number of aromatic nitrogens is 2. The third-order valence-electron chi connectivity index (χ3n) is 2.79. The lowest BCUT2D eigenvalue weighted by Crippen LogP contribution is -2.13. The van der Waals surface area contributed by atoms with E-state index in [-0.39, 0.29) is 10.7 Å². The molecule has 1 N–H and O–H groups in total. The molecule has 1 aromatic heterocycles. The summed E-state index contributed by atoms with van der Waals surface area (Å²) in [5, 5.41) is -0.0894. The van der Waals surface area contributed by atoms with E-state index in [0.29, 0.717) is 11.4 Å². The van der Waals surface area contributed by atoms with E-state index >= 15 is 0 Å². The van der Waals surface area contributed by atoms with Crippen molar-refractivity contribution in [1.82, 2.24) is 9.55 Å². The fourth-order valence-corrected chi connectivity index (χ4v) is 2.61. The highest BCUT2D eigenvalue weighted by Gasteiger charge is 2.18. The summed E-state index contributed by atoms with van der Waals surface area (Å²) in [5.41, 5.74) is 0.628. The van der Waals surface area contributed by atoms with Crippen molar-refractivity contribution in [2.24, 2.45) is 7.05 Å². The van der Waals surface area contributed by atoms with E-state index in [0.717, 1.165) is 6.07 Å². The van der Waals surface area contributed by atoms with Gasteiger partial charge >= 0.3 is 0 Å². The summed E-state index contributed by atoms with van der Waals surface area (Å²) in [7, 11) is -2.09. The van der Waals surface area contributed by atoms with Crippen molar-refractivity contribution < 1.29 is 12.8 Å². The van der Waals surface area contributed by atoms with Crippen LogP contribution in [0.3, 0.4) is 0 Å². The standard InChI is InChI=1S/C12H14FN3O2S/c1-8-4-5-10(6-11(8)13)15-19(17,18)12-7-16(3)9(2)14-12/h4-7,15H,1-3H3. The molecule has 0 spiro atoms. The molecule has 0 saturated carbocycles. The first kappa shape index (κ1) is 13.5. The predicted molar refractivity (Wildman–Crippen MR) is 69.9 cm³/mol. The van der Waals surface area contributed by atoms with Gasteiger partial charge in [0.15, 0.2) is 5.03 Å². The Morgan fingerprint density at radius 1 is 1.32 bits per heavy atom. The van der Waals surface area contributed by atoms with E-state index < -0.39 is 15.8 Å². The molecule has 2 rings (SSSR count). The van der Waals surface area contributed by atoms with Crippen molar-refractivity contribution in [2.45, 2.75) is 18.9 Å². The molecular weight excluding hydrogens is 269 g/mol. The highest BCUT2D eigenvalue weighted by Crippen LogP contribution is 2.18. The number of halogens is 1. The normalized spacial score (nSPS) is 11.6. The van der Waals surface area contributed by atoms with E-state index in [9.17, 15) is 12.8 Å². The fraction of sp³-hybridized carbons (Fsp3) is 0.250. The molecule has 2 aromatic rings. The number of nitrogens with one attached hydrogen (secondary N) is 1. The Morgan fingerprint density at radius 3 is 2.53 bits per heavy atom. The number of aryl methyl sites for hydroxylation is 3. The summed E-state index contributed by atoms with van der Waals surface area (Å²) in [4.78, 5) is 3.94. The number of hydrogen-bond acceptors (Lipinski definition) is 3. The average Bonchev–Trinajstić information content (AvgIpc) is 2.65. The third-order valence-corrected chi connectivity index (χ3v) is 4.04. The van der Waals surface area contributed by atoms with Gasteiger partial charge in [0, 0.05) is 13.2 Å². The maximum absolute atomic E-state index is 13.4. The summed E-state index contributed by atoms with van der Waals surface area (Å²) < 4.78 is 41.4. The van der Waals surface area contributed by atoms with Crippen LogP contribution in [0.5, 0.6) is 0 Å². The second-order valence-corrected chi connectivity index (χ2v) is 5.94. The Labute approximate surface area is 111 Å². The van der Waals surface area contributed by atoms with Crippen molar-refractivity contribution in [1.29, 1.82) is 0 Å². The van der Waals surface area contributed by atoms with Crippen LogP contribution in [-0.4, -0.2) is 18.0 Å². The molecule has 1 heterocycles. The van der Waals surface area contributed by atoms with Gasteiger partial charge in [0.05, 0.1) is 5.69 Å². The van der Waals surface area contributed by atoms with E-state index in [1.807, 2.05) is 0 Å². The van der Waals surface area contributed by atoms with Crippen LogP contribution in [0.25, 0.3) is 0 Å². The third kappa shape index (κ3) is 2.76. The van der Waals surface area contributed by atoms with Crippen LogP contribution in [0.4, 0.5) is 10.1 Å². The summed E-state index contributed by atoms with van der Waals surface area (Å²) in [6, 6.07) is 4.16. The van der Waals surface area contributed by atoms with Crippen LogP contribution >= 0.6 is 0 Å². The van der Waals surface area contributed by atoms with Crippen molar-refractivity contribution in [2.75, 3.05) is 4.72 Å². The topological polar surface area (TPSA) is 64.0 Å². The minimum absolute atomic E-state index is 0.0894. The van der Waals surface area contributed by atoms with Gasteiger partial charge in [-0.25, -0.2) is 9.37 Å². The van der Waals surface area contributed by atoms with Gasteiger partial charge in [0.1, 0.15) is 11.6 Å². The number of rotatable bonds is 3. The summed E-state index contributed by atoms with van der Waals surface area (Å²) >= 11 is 0. The van der Waals surface area contributed by atoms with Gasteiger partial charge in [-0.05, 0) is 31.5 Å². The molecule has 0 amide bonds. The lowest BCUT2D eigenvalue weighted by atomic mass is 10.2. The molecule has 0 saturated heterocycles. The maximum Gasteiger partial charge on any atom is 0.280 e. The minimum Gasteiger partial charge on any atom is -0.337 e. The molecule has 7 heteroatoms. The van der Waals surface area contributed by atoms with Crippen LogP contribution < -0.4 is 4.72 Å². The van der Waals surface area contributed by atoms with E-state index in [2.05, 4.69) is 9.71 Å². The Kier molecular flexibility index (Phi) is 3.32. The summed E-state index contributed by atoms with van der Waals surface area (Å²) in [6.07, 6.45) is 1.40. The number of anilines is 1. The number of benzene rings is 1. The van der Waals surface area contributed by atoms with Gasteiger partial charge in [-0.15, -0.1) is 0 Å². The largest absolute Gasteiger partial charge is 0.337 e. The molecule has 0 radical (unpaired) electrons. The smallest absolute Gasteiger partial charge is 0.280 e. The molecule has 5 nitrogen and oxygen atoms in total. The van der Waals surface area contributed by atoms with Gasteiger partial charge < -0.3 is 4.57 Å². The van der Waals surface area contributed by atoms with E-state index in [1.54, 1.807) is 25.5 Å². The van der Waals surface area contributed by atoms with Gasteiger partial charge in [0.2, 0.25) is 0 Å². The summed E-state index contributed by atoms with van der Waals surface area (Å²) in [6.45, 7) is 3.31. The molecule has 1 aromatic carbocycles. The first-order chi connectivity index (χ1) is 8.79. The Bertz CT molecular complexity index is 703. The molecule has 102 valence electrons. The second kappa shape index (κ2) is 4.65. The van der Waals surface area contributed by atoms with Crippen molar-refractivity contribution in [3.8, 4) is 0 Å². The Balaban J connectivity index is 2.33. The first-order valence-corrected chi connectivity index (χ1v) is 7.07. The minimum atomic E-state index is -3.79. The van der Waals surface area contributed by atoms with Gasteiger partial charge in [-0.1, -0.05) is 6.07 Å². The molecular formula is C12H14FN3O2S. The molecule has 0 fully saturated rings. The van der Waals surface area contributed by atoms with Crippen molar-refractivity contribution >= 4 is 15.7 Å². The maximum atomic E-state index is 13.4. The number of imidazole rings is 1. The van der Waals surface area contributed by atoms with E-state index in [1.165, 1.54) is 18.3 Å². The number of hydrogen-bond donors (Lipinski definition) is 1. The van der Waals surface area contributed by atoms with Crippen LogP contribution in [0.1, 0.15) is 11.4 Å². The van der Waals surface area contributed by atoms with Gasteiger partial charge in [-0.2, -0.15) is 8.42 Å². The van der Waals surface area contributed by atoms with Crippen LogP contribution in [0, 0.1) is 19.7 Å². The van der Waals surface area contributed by atoms with Crippen LogP contribution in [0.2, 0.25) is 0 Å². The zero-order valence-corrected chi connectivity index (χ0v) is 11.6. The number of nitrogens with zero attached hydrogens (tertiary/aromatic N) is 2. The highest BCUT2D eigenvalue weighted by molar-refractivity contribution is 7.92. The van der Waals surface area contributed by atoms with Gasteiger partial charge in [-0.3, -0.25) is 4.72 Å². The summed E-state index contributed by atoms with van der Waals surface area (Å²) in [5.74, 6) is 0.118. The quantitative estimate of drug-likeness (QED) is 0.936. The lowest BCUT2D eigenvalue weighted by molar-refractivity contribution is 0.597. The predicted octanol–water partition coefficient (Wildman–Crippen LogP) is 1.98. The highest BCUT2D eigenvalue weighted by atomic mass is 32.2. The molecule has 0 bridgehead atoms. The fourth-order valence-electron chi connectivity index (χ4n) is 1.52. The molecule has 0 aliphatic carbocycles.